The third-order valence-corrected chi connectivity index (χ3v) is 4.68. The Morgan fingerprint density at radius 2 is 2.04 bits per heavy atom. The van der Waals surface area contributed by atoms with E-state index in [1.54, 1.807) is 68.0 Å². The molecule has 1 amide bonds. The zero-order valence-electron chi connectivity index (χ0n) is 15.6. The lowest BCUT2D eigenvalue weighted by Crippen LogP contribution is -2.41. The molecule has 3 rings (SSSR count). The van der Waals surface area contributed by atoms with Crippen molar-refractivity contribution in [2.45, 2.75) is 25.6 Å². The van der Waals surface area contributed by atoms with Gasteiger partial charge in [-0.3, -0.25) is 15.0 Å². The van der Waals surface area contributed by atoms with E-state index >= 15 is 0 Å². The van der Waals surface area contributed by atoms with Gasteiger partial charge in [-0.25, -0.2) is 10.5 Å². The molecule has 2 atom stereocenters. The number of carbonyl (C=O) groups is 1. The van der Waals surface area contributed by atoms with Gasteiger partial charge in [0, 0.05) is 23.3 Å². The number of carbonyl (C=O) groups excluding carboxylic acids is 1. The Kier molecular flexibility index (Phi) is 5.39. The fraction of sp³-hybridized carbons (Fsp3) is 0.190. The summed E-state index contributed by atoms with van der Waals surface area (Å²) in [5.41, 5.74) is 2.91. The monoisotopic (exact) mass is 379 g/mol. The van der Waals surface area contributed by atoms with Crippen LogP contribution < -0.4 is 10.2 Å². The summed E-state index contributed by atoms with van der Waals surface area (Å²) in [5.74, 6) is -0.0781. The molecule has 0 aliphatic heterocycles. The number of amides is 1. The van der Waals surface area contributed by atoms with Crippen LogP contribution in [-0.2, 0) is 0 Å². The van der Waals surface area contributed by atoms with Crippen molar-refractivity contribution < 1.29 is 19.8 Å². The highest BCUT2D eigenvalue weighted by atomic mass is 16.5. The van der Waals surface area contributed by atoms with Gasteiger partial charge in [0.15, 0.2) is 0 Å². The quantitative estimate of drug-likeness (QED) is 0.345. The van der Waals surface area contributed by atoms with E-state index in [1.807, 2.05) is 0 Å². The number of aliphatic hydroxyl groups is 1. The van der Waals surface area contributed by atoms with Crippen molar-refractivity contribution in [3.63, 3.8) is 0 Å². The maximum absolute atomic E-state index is 12.0. The number of hydrogen-bond donors (Lipinski definition) is 3. The van der Waals surface area contributed by atoms with Crippen molar-refractivity contribution in [1.29, 1.82) is 0 Å². The molecule has 0 saturated carbocycles. The number of aromatic nitrogens is 2. The predicted octanol–water partition coefficient (Wildman–Crippen LogP) is 3.12. The van der Waals surface area contributed by atoms with Gasteiger partial charge in [-0.15, -0.1) is 0 Å². The number of rotatable bonds is 6. The van der Waals surface area contributed by atoms with Crippen LogP contribution in [0.1, 0.15) is 24.2 Å². The van der Waals surface area contributed by atoms with Crippen LogP contribution in [0.3, 0.4) is 0 Å². The highest BCUT2D eigenvalue weighted by Gasteiger charge is 2.28. The fourth-order valence-corrected chi connectivity index (χ4v) is 2.71. The summed E-state index contributed by atoms with van der Waals surface area (Å²) >= 11 is 0. The summed E-state index contributed by atoms with van der Waals surface area (Å²) < 4.78 is 5.86. The lowest BCUT2D eigenvalue weighted by molar-refractivity contribution is 0.00435. The Labute approximate surface area is 162 Å². The number of ether oxygens (including phenoxy) is 1. The van der Waals surface area contributed by atoms with Gasteiger partial charge in [-0.05, 0) is 56.3 Å². The van der Waals surface area contributed by atoms with Crippen LogP contribution in [0.5, 0.6) is 5.75 Å². The van der Waals surface area contributed by atoms with E-state index < -0.39 is 17.6 Å². The van der Waals surface area contributed by atoms with E-state index in [0.717, 1.165) is 5.56 Å². The number of fused-ring (bicyclic) bond motifs is 1. The maximum Gasteiger partial charge on any atom is 0.275 e. The first-order valence-corrected chi connectivity index (χ1v) is 8.68. The highest BCUT2D eigenvalue weighted by molar-refractivity contribution is 6.06. The summed E-state index contributed by atoms with van der Waals surface area (Å²) in [5, 5.41) is 19.5. The SMILES string of the molecule is C=CC(C)(Oc1ccc(-c2cc(C(=O)NO)c3cnccc3n2)cc1)C(C)O. The van der Waals surface area contributed by atoms with Crippen molar-refractivity contribution >= 4 is 16.8 Å². The minimum atomic E-state index is -0.915. The molecule has 0 aliphatic carbocycles. The molecule has 0 bridgehead atoms. The third-order valence-electron chi connectivity index (χ3n) is 4.68. The van der Waals surface area contributed by atoms with Crippen LogP contribution in [-0.4, -0.2) is 37.9 Å². The smallest absolute Gasteiger partial charge is 0.275 e. The van der Waals surface area contributed by atoms with Gasteiger partial charge >= 0.3 is 0 Å². The number of nitrogens with one attached hydrogen (secondary N) is 1. The summed E-state index contributed by atoms with van der Waals surface area (Å²) in [6.07, 6.45) is 3.94. The van der Waals surface area contributed by atoms with Gasteiger partial charge in [0.1, 0.15) is 11.4 Å². The molecule has 28 heavy (non-hydrogen) atoms. The van der Waals surface area contributed by atoms with Gasteiger partial charge in [0.05, 0.1) is 22.9 Å². The molecule has 2 aromatic heterocycles. The van der Waals surface area contributed by atoms with E-state index in [2.05, 4.69) is 16.5 Å². The second-order valence-corrected chi connectivity index (χ2v) is 6.58. The molecule has 2 heterocycles. The Bertz CT molecular complexity index is 1020. The molecule has 2 unspecified atom stereocenters. The molecule has 0 aliphatic rings. The van der Waals surface area contributed by atoms with Crippen LogP contribution in [0.25, 0.3) is 22.2 Å². The number of hydrogen-bond acceptors (Lipinski definition) is 6. The molecule has 144 valence electrons. The molecule has 0 spiro atoms. The third kappa shape index (κ3) is 3.71. The number of nitrogens with zero attached hydrogens (tertiary/aromatic N) is 2. The van der Waals surface area contributed by atoms with Crippen LogP contribution in [0, 0.1) is 0 Å². The minimum Gasteiger partial charge on any atom is -0.481 e. The Morgan fingerprint density at radius 1 is 1.32 bits per heavy atom. The van der Waals surface area contributed by atoms with E-state index in [-0.39, 0.29) is 5.56 Å². The number of benzene rings is 1. The number of hydroxylamine groups is 1. The average Bonchev–Trinajstić information content (AvgIpc) is 2.72. The highest BCUT2D eigenvalue weighted by Crippen LogP contribution is 2.28. The van der Waals surface area contributed by atoms with E-state index in [9.17, 15) is 9.90 Å². The molecule has 0 fully saturated rings. The van der Waals surface area contributed by atoms with Crippen molar-refractivity contribution in [1.82, 2.24) is 15.4 Å². The van der Waals surface area contributed by atoms with Gasteiger partial charge in [0.2, 0.25) is 0 Å². The molecule has 1 aromatic carbocycles. The van der Waals surface area contributed by atoms with Gasteiger partial charge in [-0.2, -0.15) is 0 Å². The van der Waals surface area contributed by atoms with Crippen molar-refractivity contribution in [2.24, 2.45) is 0 Å². The summed E-state index contributed by atoms with van der Waals surface area (Å²) in [7, 11) is 0. The van der Waals surface area contributed by atoms with Crippen LogP contribution in [0.4, 0.5) is 0 Å². The summed E-state index contributed by atoms with van der Waals surface area (Å²) in [4.78, 5) is 20.6. The first kappa shape index (κ1) is 19.5. The van der Waals surface area contributed by atoms with Crippen LogP contribution in [0.15, 0.2) is 61.4 Å². The predicted molar refractivity (Wildman–Crippen MR) is 105 cm³/mol. The van der Waals surface area contributed by atoms with Gasteiger partial charge in [-0.1, -0.05) is 6.58 Å². The average molecular weight is 379 g/mol. The van der Waals surface area contributed by atoms with Crippen molar-refractivity contribution in [2.75, 3.05) is 0 Å². The normalized spacial score (nSPS) is 14.1. The molecular weight excluding hydrogens is 358 g/mol. The number of aliphatic hydroxyl groups excluding tert-OH is 1. The standard InChI is InChI=1S/C21H21N3O4/c1-4-21(3,13(2)25)28-15-7-5-14(6-8-15)19-11-16(20(26)24-27)17-12-22-10-9-18(17)23-19/h4-13,25,27H,1H2,2-3H3,(H,24,26). The van der Waals surface area contributed by atoms with E-state index in [1.165, 1.54) is 6.20 Å². The molecule has 0 saturated heterocycles. The maximum atomic E-state index is 12.0. The Balaban J connectivity index is 1.99. The lowest BCUT2D eigenvalue weighted by atomic mass is 10.0. The zero-order valence-corrected chi connectivity index (χ0v) is 15.6. The fourth-order valence-electron chi connectivity index (χ4n) is 2.71. The number of pyridine rings is 2. The largest absolute Gasteiger partial charge is 0.481 e. The molecule has 7 heteroatoms. The first-order valence-electron chi connectivity index (χ1n) is 8.68. The molecule has 3 aromatic rings. The first-order chi connectivity index (χ1) is 13.4. The van der Waals surface area contributed by atoms with Crippen LogP contribution >= 0.6 is 0 Å². The van der Waals surface area contributed by atoms with Crippen molar-refractivity contribution in [3.05, 3.63) is 67.0 Å². The van der Waals surface area contributed by atoms with Crippen molar-refractivity contribution in [3.8, 4) is 17.0 Å². The Hall–Kier alpha value is -3.29. The minimum absolute atomic E-state index is 0.268. The zero-order chi connectivity index (χ0) is 20.3. The van der Waals surface area contributed by atoms with Gasteiger partial charge < -0.3 is 9.84 Å². The molecular formula is C21H21N3O4. The summed E-state index contributed by atoms with van der Waals surface area (Å²) in [6, 6.07) is 10.4. The Morgan fingerprint density at radius 3 is 2.64 bits per heavy atom. The second kappa shape index (κ2) is 7.75. The van der Waals surface area contributed by atoms with E-state index in [0.29, 0.717) is 22.3 Å². The molecule has 7 nitrogen and oxygen atoms in total. The topological polar surface area (TPSA) is 105 Å². The lowest BCUT2D eigenvalue weighted by Gasteiger charge is -2.30. The molecule has 3 N–H and O–H groups in total. The van der Waals surface area contributed by atoms with E-state index in [4.69, 9.17) is 9.94 Å². The van der Waals surface area contributed by atoms with Gasteiger partial charge in [0.25, 0.3) is 5.91 Å². The second-order valence-electron chi connectivity index (χ2n) is 6.58. The van der Waals surface area contributed by atoms with Crippen LogP contribution in [0.2, 0.25) is 0 Å². The molecule has 0 radical (unpaired) electrons. The summed E-state index contributed by atoms with van der Waals surface area (Å²) in [6.45, 7) is 7.10.